The fourth-order valence-electron chi connectivity index (χ4n) is 2.70. The minimum Gasteiger partial charge on any atom is -0.472 e. The molecule has 0 unspecified atom stereocenters. The number of furan rings is 1. The summed E-state index contributed by atoms with van der Waals surface area (Å²) in [4.78, 5) is 18.5. The van der Waals surface area contributed by atoms with Gasteiger partial charge in [0.25, 0.3) is 11.8 Å². The molecule has 8 nitrogen and oxygen atoms in total. The number of methoxy groups -OCH3 is 1. The van der Waals surface area contributed by atoms with E-state index in [1.807, 2.05) is 4.90 Å². The third-order valence-corrected chi connectivity index (χ3v) is 4.06. The van der Waals surface area contributed by atoms with Crippen LogP contribution in [0.25, 0.3) is 0 Å². The van der Waals surface area contributed by atoms with Gasteiger partial charge in [-0.1, -0.05) is 5.16 Å². The Hall–Kier alpha value is -2.19. The Kier molecular flexibility index (Phi) is 5.60. The summed E-state index contributed by atoms with van der Waals surface area (Å²) in [6.07, 6.45) is 4.61. The first-order valence-corrected chi connectivity index (χ1v) is 7.98. The number of rotatable bonds is 7. The molecule has 130 valence electrons. The van der Waals surface area contributed by atoms with Gasteiger partial charge in [-0.25, -0.2) is 0 Å². The summed E-state index contributed by atoms with van der Waals surface area (Å²) in [5.41, 5.74) is 0.587. The van der Waals surface area contributed by atoms with E-state index in [0.717, 1.165) is 12.8 Å². The summed E-state index contributed by atoms with van der Waals surface area (Å²) in [6, 6.07) is 1.68. The molecule has 3 heterocycles. The minimum absolute atomic E-state index is 0.00236. The van der Waals surface area contributed by atoms with E-state index in [-0.39, 0.29) is 18.4 Å². The highest BCUT2D eigenvalue weighted by atomic mass is 16.5. The zero-order chi connectivity index (χ0) is 16.8. The first kappa shape index (κ1) is 16.7. The highest BCUT2D eigenvalue weighted by Gasteiger charge is 2.27. The maximum absolute atomic E-state index is 12.3. The van der Waals surface area contributed by atoms with Crippen molar-refractivity contribution < 1.29 is 23.2 Å². The molecular formula is C16H21N3O5. The van der Waals surface area contributed by atoms with Crippen LogP contribution in [0.4, 0.5) is 0 Å². The molecule has 1 aliphatic rings. The topological polar surface area (TPSA) is 90.8 Å². The van der Waals surface area contributed by atoms with Crippen LogP contribution in [-0.2, 0) is 16.1 Å². The summed E-state index contributed by atoms with van der Waals surface area (Å²) in [5, 5.41) is 4.04. The SMILES string of the molecule is COCCOCc1nc(C2CCN(C(=O)c3ccoc3)CC2)no1. The molecule has 1 amide bonds. The van der Waals surface area contributed by atoms with Gasteiger partial charge in [-0.3, -0.25) is 4.79 Å². The molecule has 0 atom stereocenters. The monoisotopic (exact) mass is 335 g/mol. The third kappa shape index (κ3) is 4.01. The maximum Gasteiger partial charge on any atom is 0.257 e. The van der Waals surface area contributed by atoms with E-state index in [1.165, 1.54) is 12.5 Å². The number of aromatic nitrogens is 2. The van der Waals surface area contributed by atoms with Crippen LogP contribution >= 0.6 is 0 Å². The molecule has 0 bridgehead atoms. The number of ether oxygens (including phenoxy) is 2. The van der Waals surface area contributed by atoms with Crippen LogP contribution in [0.5, 0.6) is 0 Å². The van der Waals surface area contributed by atoms with Crippen LogP contribution in [0.2, 0.25) is 0 Å². The Morgan fingerprint density at radius 1 is 1.38 bits per heavy atom. The van der Waals surface area contributed by atoms with E-state index in [1.54, 1.807) is 13.2 Å². The first-order chi connectivity index (χ1) is 11.8. The van der Waals surface area contributed by atoms with Crippen molar-refractivity contribution in [2.75, 3.05) is 33.4 Å². The second-order valence-corrected chi connectivity index (χ2v) is 5.67. The molecule has 3 rings (SSSR count). The normalized spacial score (nSPS) is 15.8. The molecule has 0 aliphatic carbocycles. The number of piperidine rings is 1. The highest BCUT2D eigenvalue weighted by molar-refractivity contribution is 5.93. The second-order valence-electron chi connectivity index (χ2n) is 5.67. The molecule has 8 heteroatoms. The van der Waals surface area contributed by atoms with Crippen molar-refractivity contribution in [3.05, 3.63) is 35.9 Å². The minimum atomic E-state index is 0.00236. The number of likely N-dealkylation sites (tertiary alicyclic amines) is 1. The van der Waals surface area contributed by atoms with Gasteiger partial charge in [0.1, 0.15) is 12.9 Å². The fraction of sp³-hybridized carbons (Fsp3) is 0.562. The molecule has 1 fully saturated rings. The van der Waals surface area contributed by atoms with Gasteiger partial charge in [0.05, 0.1) is 25.0 Å². The summed E-state index contributed by atoms with van der Waals surface area (Å²) in [7, 11) is 1.62. The predicted molar refractivity (Wildman–Crippen MR) is 82.4 cm³/mol. The van der Waals surface area contributed by atoms with E-state index in [4.69, 9.17) is 18.4 Å². The Bertz CT molecular complexity index is 632. The van der Waals surface area contributed by atoms with Gasteiger partial charge < -0.3 is 23.3 Å². The largest absolute Gasteiger partial charge is 0.472 e. The number of hydrogen-bond acceptors (Lipinski definition) is 7. The van der Waals surface area contributed by atoms with E-state index < -0.39 is 0 Å². The highest BCUT2D eigenvalue weighted by Crippen LogP contribution is 2.26. The Labute approximate surface area is 139 Å². The molecule has 0 saturated carbocycles. The molecule has 1 aliphatic heterocycles. The van der Waals surface area contributed by atoms with Crippen molar-refractivity contribution in [2.45, 2.75) is 25.4 Å². The van der Waals surface area contributed by atoms with E-state index in [2.05, 4.69) is 10.1 Å². The Morgan fingerprint density at radius 3 is 2.92 bits per heavy atom. The number of nitrogens with zero attached hydrogens (tertiary/aromatic N) is 3. The number of amides is 1. The van der Waals surface area contributed by atoms with E-state index >= 15 is 0 Å². The average Bonchev–Trinajstić information content (AvgIpc) is 3.30. The molecule has 2 aromatic rings. The van der Waals surface area contributed by atoms with Gasteiger partial charge in [0.2, 0.25) is 0 Å². The quantitative estimate of drug-likeness (QED) is 0.713. The average molecular weight is 335 g/mol. The lowest BCUT2D eigenvalue weighted by molar-refractivity contribution is 0.0494. The zero-order valence-electron chi connectivity index (χ0n) is 13.6. The number of carbonyl (C=O) groups is 1. The third-order valence-electron chi connectivity index (χ3n) is 4.06. The maximum atomic E-state index is 12.3. The number of carbonyl (C=O) groups excluding carboxylic acids is 1. The van der Waals surface area contributed by atoms with Crippen LogP contribution in [0.15, 0.2) is 27.5 Å². The summed E-state index contributed by atoms with van der Waals surface area (Å²) in [6.45, 7) is 2.65. The summed E-state index contributed by atoms with van der Waals surface area (Å²) in [5.74, 6) is 1.37. The van der Waals surface area contributed by atoms with Crippen LogP contribution < -0.4 is 0 Å². The van der Waals surface area contributed by atoms with Gasteiger partial charge in [0.15, 0.2) is 5.82 Å². The van der Waals surface area contributed by atoms with Crippen molar-refractivity contribution in [1.82, 2.24) is 15.0 Å². The first-order valence-electron chi connectivity index (χ1n) is 7.98. The van der Waals surface area contributed by atoms with Crippen LogP contribution in [0, 0.1) is 0 Å². The van der Waals surface area contributed by atoms with Crippen molar-refractivity contribution in [3.63, 3.8) is 0 Å². The van der Waals surface area contributed by atoms with Crippen LogP contribution in [0.3, 0.4) is 0 Å². The lowest BCUT2D eigenvalue weighted by Gasteiger charge is -2.30. The lowest BCUT2D eigenvalue weighted by atomic mass is 9.96. The Balaban J connectivity index is 1.48. The molecule has 0 aromatic carbocycles. The Morgan fingerprint density at radius 2 is 2.21 bits per heavy atom. The smallest absolute Gasteiger partial charge is 0.257 e. The van der Waals surface area contributed by atoms with Crippen LogP contribution in [-0.4, -0.2) is 54.4 Å². The number of hydrogen-bond donors (Lipinski definition) is 0. The summed E-state index contributed by atoms with van der Waals surface area (Å²) < 4.78 is 20.5. The van der Waals surface area contributed by atoms with Gasteiger partial charge in [-0.2, -0.15) is 4.98 Å². The van der Waals surface area contributed by atoms with E-state index in [0.29, 0.717) is 43.6 Å². The molecular weight excluding hydrogens is 314 g/mol. The molecule has 0 spiro atoms. The second kappa shape index (κ2) is 8.07. The molecule has 1 saturated heterocycles. The van der Waals surface area contributed by atoms with Crippen LogP contribution in [0.1, 0.15) is 40.8 Å². The molecule has 2 aromatic heterocycles. The van der Waals surface area contributed by atoms with Crippen molar-refractivity contribution in [2.24, 2.45) is 0 Å². The van der Waals surface area contributed by atoms with Gasteiger partial charge in [-0.15, -0.1) is 0 Å². The van der Waals surface area contributed by atoms with Gasteiger partial charge in [-0.05, 0) is 18.9 Å². The fourth-order valence-corrected chi connectivity index (χ4v) is 2.70. The lowest BCUT2D eigenvalue weighted by Crippen LogP contribution is -2.37. The standard InChI is InChI=1S/C16H21N3O5/c1-21-8-9-23-11-14-17-15(18-24-14)12-2-5-19(6-3-12)16(20)13-4-7-22-10-13/h4,7,10,12H,2-3,5-6,8-9,11H2,1H3. The molecule has 0 N–H and O–H groups in total. The molecule has 0 radical (unpaired) electrons. The van der Waals surface area contributed by atoms with Gasteiger partial charge >= 0.3 is 0 Å². The van der Waals surface area contributed by atoms with E-state index in [9.17, 15) is 4.79 Å². The van der Waals surface area contributed by atoms with Crippen molar-refractivity contribution in [1.29, 1.82) is 0 Å². The van der Waals surface area contributed by atoms with Gasteiger partial charge in [0, 0.05) is 26.1 Å². The predicted octanol–water partition coefficient (Wildman–Crippen LogP) is 1.85. The molecule has 24 heavy (non-hydrogen) atoms. The summed E-state index contributed by atoms with van der Waals surface area (Å²) >= 11 is 0. The van der Waals surface area contributed by atoms with Crippen molar-refractivity contribution in [3.8, 4) is 0 Å². The zero-order valence-corrected chi connectivity index (χ0v) is 13.6. The van der Waals surface area contributed by atoms with Crippen molar-refractivity contribution >= 4 is 5.91 Å².